The van der Waals surface area contributed by atoms with E-state index in [2.05, 4.69) is 24.1 Å². The third kappa shape index (κ3) is 1.40. The van der Waals surface area contributed by atoms with E-state index in [1.807, 2.05) is 0 Å². The number of amides is 1. The van der Waals surface area contributed by atoms with Gasteiger partial charge in [0, 0.05) is 6.54 Å². The van der Waals surface area contributed by atoms with Crippen LogP contribution >= 0.6 is 0 Å². The molecule has 0 radical (unpaired) electrons. The lowest BCUT2D eigenvalue weighted by Gasteiger charge is -2.23. The molecule has 3 unspecified atom stereocenters. The van der Waals surface area contributed by atoms with Crippen molar-refractivity contribution in [3.05, 3.63) is 0 Å². The topological polar surface area (TPSA) is 32.3 Å². The van der Waals surface area contributed by atoms with Crippen molar-refractivity contribution in [3.8, 4) is 0 Å². The minimum Gasteiger partial charge on any atom is -0.325 e. The number of carbonyl (C=O) groups excluding carboxylic acids is 1. The summed E-state index contributed by atoms with van der Waals surface area (Å²) in [5.41, 5.74) is -0.112. The highest BCUT2D eigenvalue weighted by molar-refractivity contribution is 5.91. The third-order valence-electron chi connectivity index (χ3n) is 4.33. The van der Waals surface area contributed by atoms with Gasteiger partial charge in [0.1, 0.15) is 0 Å². The van der Waals surface area contributed by atoms with Crippen molar-refractivity contribution in [2.75, 3.05) is 6.54 Å². The lowest BCUT2D eigenvalue weighted by atomic mass is 10.2. The number of nitrogens with zero attached hydrogens (tertiary/aromatic N) is 1. The Morgan fingerprint density at radius 1 is 1.53 bits per heavy atom. The van der Waals surface area contributed by atoms with Gasteiger partial charge in [0.2, 0.25) is 5.91 Å². The highest BCUT2D eigenvalue weighted by Gasteiger charge is 2.59. The van der Waals surface area contributed by atoms with E-state index < -0.39 is 0 Å². The molecule has 1 saturated heterocycles. The van der Waals surface area contributed by atoms with Crippen LogP contribution in [0.25, 0.3) is 0 Å². The van der Waals surface area contributed by atoms with Gasteiger partial charge in [-0.2, -0.15) is 0 Å². The molecule has 0 aromatic carbocycles. The standard InChI is InChI=1S/C12H20N2O/c1-3-10-13-12(4-5-12)11(15)14(10)7-9-6-8(9)2/h8-10,13H,3-7H2,1-2H3. The molecule has 1 heterocycles. The van der Waals surface area contributed by atoms with Crippen LogP contribution in [0, 0.1) is 11.8 Å². The molecule has 3 rings (SSSR count). The lowest BCUT2D eigenvalue weighted by Crippen LogP contribution is -2.38. The Morgan fingerprint density at radius 3 is 2.67 bits per heavy atom. The zero-order valence-corrected chi connectivity index (χ0v) is 9.62. The molecule has 0 aromatic rings. The number of hydrogen-bond acceptors (Lipinski definition) is 2. The Hall–Kier alpha value is -0.570. The second kappa shape index (κ2) is 2.97. The van der Waals surface area contributed by atoms with E-state index >= 15 is 0 Å². The molecule has 3 nitrogen and oxygen atoms in total. The molecule has 1 aliphatic heterocycles. The first-order valence-corrected chi connectivity index (χ1v) is 6.25. The summed E-state index contributed by atoms with van der Waals surface area (Å²) < 4.78 is 0. The summed E-state index contributed by atoms with van der Waals surface area (Å²) in [5, 5.41) is 3.52. The monoisotopic (exact) mass is 208 g/mol. The van der Waals surface area contributed by atoms with Gasteiger partial charge >= 0.3 is 0 Å². The fraction of sp³-hybridized carbons (Fsp3) is 0.917. The normalized spacial score (nSPS) is 41.3. The molecular weight excluding hydrogens is 188 g/mol. The summed E-state index contributed by atoms with van der Waals surface area (Å²) in [6, 6.07) is 0. The molecule has 15 heavy (non-hydrogen) atoms. The summed E-state index contributed by atoms with van der Waals surface area (Å²) in [5.74, 6) is 2.00. The van der Waals surface area contributed by atoms with E-state index in [0.29, 0.717) is 12.1 Å². The quantitative estimate of drug-likeness (QED) is 0.759. The fourth-order valence-corrected chi connectivity index (χ4v) is 2.80. The molecule has 1 spiro atoms. The molecule has 3 aliphatic rings. The van der Waals surface area contributed by atoms with Gasteiger partial charge in [-0.25, -0.2) is 0 Å². The van der Waals surface area contributed by atoms with Crippen LogP contribution in [0.5, 0.6) is 0 Å². The Kier molecular flexibility index (Phi) is 1.91. The molecule has 1 amide bonds. The number of rotatable bonds is 3. The van der Waals surface area contributed by atoms with Crippen LogP contribution in [0.2, 0.25) is 0 Å². The summed E-state index contributed by atoms with van der Waals surface area (Å²) >= 11 is 0. The van der Waals surface area contributed by atoms with Gasteiger partial charge in [0.25, 0.3) is 0 Å². The van der Waals surface area contributed by atoms with Crippen LogP contribution < -0.4 is 5.32 Å². The Labute approximate surface area is 91.2 Å². The maximum Gasteiger partial charge on any atom is 0.244 e. The lowest BCUT2D eigenvalue weighted by molar-refractivity contribution is -0.131. The molecule has 3 fully saturated rings. The summed E-state index contributed by atoms with van der Waals surface area (Å²) in [6.45, 7) is 5.44. The minimum atomic E-state index is -0.112. The molecule has 3 heteroatoms. The van der Waals surface area contributed by atoms with Crippen LogP contribution in [0.15, 0.2) is 0 Å². The molecule has 84 valence electrons. The van der Waals surface area contributed by atoms with Gasteiger partial charge in [-0.15, -0.1) is 0 Å². The van der Waals surface area contributed by atoms with Gasteiger partial charge in [-0.3, -0.25) is 10.1 Å². The Balaban J connectivity index is 1.71. The van der Waals surface area contributed by atoms with Crippen LogP contribution in [0.3, 0.4) is 0 Å². The second-order valence-electron chi connectivity index (χ2n) is 5.58. The smallest absolute Gasteiger partial charge is 0.244 e. The summed E-state index contributed by atoms with van der Waals surface area (Å²) in [4.78, 5) is 14.3. The Morgan fingerprint density at radius 2 is 2.20 bits per heavy atom. The van der Waals surface area contributed by atoms with Crippen molar-refractivity contribution in [3.63, 3.8) is 0 Å². The predicted molar refractivity (Wildman–Crippen MR) is 58.2 cm³/mol. The van der Waals surface area contributed by atoms with E-state index in [1.54, 1.807) is 0 Å². The fourth-order valence-electron chi connectivity index (χ4n) is 2.80. The van der Waals surface area contributed by atoms with Crippen molar-refractivity contribution in [1.29, 1.82) is 0 Å². The molecule has 3 atom stereocenters. The van der Waals surface area contributed by atoms with Crippen LogP contribution in [-0.2, 0) is 4.79 Å². The van der Waals surface area contributed by atoms with Gasteiger partial charge < -0.3 is 4.90 Å². The van der Waals surface area contributed by atoms with E-state index in [1.165, 1.54) is 6.42 Å². The maximum atomic E-state index is 12.2. The van der Waals surface area contributed by atoms with Gasteiger partial charge in [0.05, 0.1) is 11.7 Å². The first-order valence-electron chi connectivity index (χ1n) is 6.25. The van der Waals surface area contributed by atoms with Crippen molar-refractivity contribution in [1.82, 2.24) is 10.2 Å². The molecular formula is C12H20N2O. The minimum absolute atomic E-state index is 0.112. The van der Waals surface area contributed by atoms with Crippen LogP contribution in [-0.4, -0.2) is 29.1 Å². The van der Waals surface area contributed by atoms with Crippen molar-refractivity contribution >= 4 is 5.91 Å². The van der Waals surface area contributed by atoms with Crippen LogP contribution in [0.4, 0.5) is 0 Å². The maximum absolute atomic E-state index is 12.2. The highest BCUT2D eigenvalue weighted by atomic mass is 16.2. The zero-order chi connectivity index (χ0) is 10.6. The SMILES string of the molecule is CCC1NC2(CC2)C(=O)N1CC1CC1C. The first-order chi connectivity index (χ1) is 7.16. The van der Waals surface area contributed by atoms with E-state index in [-0.39, 0.29) is 5.54 Å². The van der Waals surface area contributed by atoms with Crippen LogP contribution in [0.1, 0.15) is 39.5 Å². The average Bonchev–Trinajstić information content (AvgIpc) is 3.09. The average molecular weight is 208 g/mol. The number of hydrogen-bond donors (Lipinski definition) is 1. The number of nitrogens with one attached hydrogen (secondary N) is 1. The van der Waals surface area contributed by atoms with Crippen molar-refractivity contribution in [2.24, 2.45) is 11.8 Å². The van der Waals surface area contributed by atoms with Gasteiger partial charge in [-0.1, -0.05) is 13.8 Å². The molecule has 2 aliphatic carbocycles. The Bertz CT molecular complexity index is 298. The summed E-state index contributed by atoms with van der Waals surface area (Å²) in [6.07, 6.45) is 4.77. The van der Waals surface area contributed by atoms with E-state index in [9.17, 15) is 4.79 Å². The zero-order valence-electron chi connectivity index (χ0n) is 9.62. The predicted octanol–water partition coefficient (Wildman–Crippen LogP) is 1.34. The largest absolute Gasteiger partial charge is 0.325 e. The highest BCUT2D eigenvalue weighted by Crippen LogP contribution is 2.45. The molecule has 0 aromatic heterocycles. The third-order valence-corrected chi connectivity index (χ3v) is 4.33. The van der Waals surface area contributed by atoms with Gasteiger partial charge in [0.15, 0.2) is 0 Å². The second-order valence-corrected chi connectivity index (χ2v) is 5.58. The van der Waals surface area contributed by atoms with Gasteiger partial charge in [-0.05, 0) is 37.5 Å². The molecule has 2 saturated carbocycles. The summed E-state index contributed by atoms with van der Waals surface area (Å²) in [7, 11) is 0. The van der Waals surface area contributed by atoms with Crippen molar-refractivity contribution in [2.45, 2.75) is 51.2 Å². The number of carbonyl (C=O) groups is 1. The van der Waals surface area contributed by atoms with E-state index in [4.69, 9.17) is 0 Å². The molecule has 0 bridgehead atoms. The first kappa shape index (κ1) is 9.64. The van der Waals surface area contributed by atoms with Crippen molar-refractivity contribution < 1.29 is 4.79 Å². The molecule has 1 N–H and O–H groups in total. The van der Waals surface area contributed by atoms with E-state index in [0.717, 1.165) is 37.6 Å².